The quantitative estimate of drug-likeness (QED) is 0.221. The van der Waals surface area contributed by atoms with Crippen LogP contribution in [0, 0.1) is 11.3 Å². The third kappa shape index (κ3) is 9.40. The van der Waals surface area contributed by atoms with Crippen molar-refractivity contribution in [1.29, 1.82) is 0 Å². The van der Waals surface area contributed by atoms with E-state index >= 15 is 0 Å². The number of ether oxygens (including phenoxy) is 3. The van der Waals surface area contributed by atoms with E-state index in [0.29, 0.717) is 57.1 Å². The summed E-state index contributed by atoms with van der Waals surface area (Å²) in [6, 6.07) is 7.59. The number of carbonyl (C=O) groups excluding carboxylic acids is 4. The molecule has 0 aliphatic carbocycles. The molecular formula is C48H65N9O7S. The number of pyridine rings is 1. The smallest absolute Gasteiger partial charge is 0.324 e. The van der Waals surface area contributed by atoms with Crippen LogP contribution in [0.25, 0.3) is 33.4 Å². The number of aryl methyl sites for hydroxylation is 1. The molecule has 350 valence electrons. The number of rotatable bonds is 8. The molecule has 8 rings (SSSR count). The van der Waals surface area contributed by atoms with Crippen LogP contribution >= 0.6 is 11.3 Å². The van der Waals surface area contributed by atoms with Gasteiger partial charge in [-0.2, -0.15) is 0 Å². The molecule has 4 aliphatic heterocycles. The summed E-state index contributed by atoms with van der Waals surface area (Å²) in [5.74, 6) is -1.56. The zero-order valence-corrected chi connectivity index (χ0v) is 40.1. The maximum absolute atomic E-state index is 14.7. The summed E-state index contributed by atoms with van der Waals surface area (Å²) in [5.41, 5.74) is 9.38. The fourth-order valence-electron chi connectivity index (χ4n) is 10.1. The fourth-order valence-corrected chi connectivity index (χ4v) is 11.0. The zero-order valence-electron chi connectivity index (χ0n) is 39.3. The van der Waals surface area contributed by atoms with Gasteiger partial charge < -0.3 is 33.9 Å². The molecular weight excluding hydrogens is 847 g/mol. The Bertz CT molecular complexity index is 2420. The van der Waals surface area contributed by atoms with Gasteiger partial charge in [0.05, 0.1) is 60.1 Å². The van der Waals surface area contributed by atoms with Crippen LogP contribution in [-0.2, 0) is 48.0 Å². The number of carbonyl (C=O) groups is 4. The van der Waals surface area contributed by atoms with Gasteiger partial charge in [0, 0.05) is 85.8 Å². The number of hydrazine groups is 1. The minimum absolute atomic E-state index is 0.0843. The number of benzene rings is 1. The average Bonchev–Trinajstić information content (AvgIpc) is 4.03. The van der Waals surface area contributed by atoms with Gasteiger partial charge in [-0.1, -0.05) is 33.8 Å². The predicted molar refractivity (Wildman–Crippen MR) is 249 cm³/mol. The summed E-state index contributed by atoms with van der Waals surface area (Å²) in [5, 5.41) is 8.22. The van der Waals surface area contributed by atoms with Crippen molar-refractivity contribution in [3.8, 4) is 22.5 Å². The lowest BCUT2D eigenvalue weighted by Crippen LogP contribution is -2.62. The van der Waals surface area contributed by atoms with Gasteiger partial charge >= 0.3 is 12.0 Å². The van der Waals surface area contributed by atoms with E-state index in [1.165, 1.54) is 21.2 Å². The van der Waals surface area contributed by atoms with E-state index in [-0.39, 0.29) is 43.2 Å². The predicted octanol–water partition coefficient (Wildman–Crippen LogP) is 5.29. The second-order valence-electron chi connectivity index (χ2n) is 19.2. The Morgan fingerprint density at radius 1 is 1.14 bits per heavy atom. The van der Waals surface area contributed by atoms with Crippen LogP contribution in [0.15, 0.2) is 41.9 Å². The molecule has 4 aromatic rings. The van der Waals surface area contributed by atoms with Crippen LogP contribution < -0.4 is 10.7 Å². The van der Waals surface area contributed by atoms with E-state index in [9.17, 15) is 19.2 Å². The summed E-state index contributed by atoms with van der Waals surface area (Å²) in [6.45, 7) is 15.7. The van der Waals surface area contributed by atoms with Gasteiger partial charge in [-0.25, -0.2) is 15.2 Å². The second kappa shape index (κ2) is 19.1. The molecule has 3 saturated heterocycles. The summed E-state index contributed by atoms with van der Waals surface area (Å²) in [7, 11) is 5.39. The monoisotopic (exact) mass is 911 g/mol. The first-order chi connectivity index (χ1) is 31.1. The first kappa shape index (κ1) is 46.6. The highest BCUT2D eigenvalue weighted by Crippen LogP contribution is 2.42. The molecule has 4 amide bonds. The molecule has 1 unspecified atom stereocenters. The highest BCUT2D eigenvalue weighted by Gasteiger charge is 2.44. The molecule has 0 spiro atoms. The molecule has 3 fully saturated rings. The Hall–Kier alpha value is -4.94. The minimum atomic E-state index is -1.05. The number of morpholine rings is 1. The van der Waals surface area contributed by atoms with E-state index in [0.717, 1.165) is 51.2 Å². The maximum atomic E-state index is 14.7. The van der Waals surface area contributed by atoms with Gasteiger partial charge in [-0.3, -0.25) is 29.3 Å². The number of fused-ring (bicyclic) bond motifs is 7. The summed E-state index contributed by atoms with van der Waals surface area (Å²) in [6.07, 6.45) is 3.19. The topological polar surface area (TPSA) is 164 Å². The number of aromatic nitrogens is 3. The summed E-state index contributed by atoms with van der Waals surface area (Å²) < 4.78 is 20.3. The molecule has 17 heteroatoms. The van der Waals surface area contributed by atoms with Crippen molar-refractivity contribution >= 4 is 46.1 Å². The number of nitrogens with zero attached hydrogens (tertiary/aromatic N) is 7. The average molecular weight is 912 g/mol. The van der Waals surface area contributed by atoms with Crippen LogP contribution in [0.2, 0.25) is 0 Å². The molecule has 6 atom stereocenters. The number of nitrogens with one attached hydrogen (secondary N) is 2. The first-order valence-electron chi connectivity index (χ1n) is 23.0. The number of urea groups is 1. The van der Waals surface area contributed by atoms with Crippen molar-refractivity contribution in [2.45, 2.75) is 110 Å². The van der Waals surface area contributed by atoms with Crippen LogP contribution in [0.5, 0.6) is 0 Å². The fraction of sp³-hybridized carbons (Fsp3) is 0.583. The molecule has 3 aromatic heterocycles. The van der Waals surface area contributed by atoms with Gasteiger partial charge in [0.25, 0.3) is 5.91 Å². The molecule has 0 radical (unpaired) electrons. The van der Waals surface area contributed by atoms with Gasteiger partial charge in [-0.05, 0) is 75.9 Å². The molecule has 2 N–H and O–H groups in total. The SMILES string of the molecule is CCn1c(-c2cccnc2[C@H](C)OC)c2c3cc(ccc31)-c1csc(n1)C[C@H](NC(=O)C(C(C)C)N(C)C(=O)N1C[C@H]3OCCN(C)[C@H]3C1)C(=O)N1CCC[C@H](N1)C(=O)OCC(C)(C)C2. The summed E-state index contributed by atoms with van der Waals surface area (Å²) in [4.78, 5) is 72.5. The lowest BCUT2D eigenvalue weighted by atomic mass is 9.84. The first-order valence-corrected chi connectivity index (χ1v) is 23.9. The number of methoxy groups -OCH3 is 1. The number of hydrogen-bond donors (Lipinski definition) is 2. The number of esters is 1. The van der Waals surface area contributed by atoms with Crippen LogP contribution in [0.4, 0.5) is 4.79 Å². The van der Waals surface area contributed by atoms with Crippen LogP contribution in [-0.4, -0.2) is 149 Å². The van der Waals surface area contributed by atoms with Crippen molar-refractivity contribution < 1.29 is 33.4 Å². The van der Waals surface area contributed by atoms with Crippen molar-refractivity contribution in [2.75, 3.05) is 60.6 Å². The Morgan fingerprint density at radius 3 is 2.68 bits per heavy atom. The van der Waals surface area contributed by atoms with Gasteiger partial charge in [0.2, 0.25) is 5.91 Å². The number of cyclic esters (lactones) is 1. The normalized spacial score (nSPS) is 23.8. The largest absolute Gasteiger partial charge is 0.464 e. The molecule has 1 aromatic carbocycles. The molecule has 65 heavy (non-hydrogen) atoms. The summed E-state index contributed by atoms with van der Waals surface area (Å²) >= 11 is 1.43. The zero-order chi connectivity index (χ0) is 46.3. The van der Waals surface area contributed by atoms with Crippen molar-refractivity contribution in [2.24, 2.45) is 11.3 Å². The third-order valence-electron chi connectivity index (χ3n) is 13.6. The maximum Gasteiger partial charge on any atom is 0.324 e. The Balaban J connectivity index is 1.15. The van der Waals surface area contributed by atoms with Crippen molar-refractivity contribution in [3.05, 3.63) is 58.2 Å². The number of likely N-dealkylation sites (tertiary alicyclic amines) is 1. The van der Waals surface area contributed by atoms with Gasteiger partial charge in [0.15, 0.2) is 0 Å². The highest BCUT2D eigenvalue weighted by molar-refractivity contribution is 7.10. The number of likely N-dealkylation sites (N-methyl/N-ethyl adjacent to an activating group) is 2. The van der Waals surface area contributed by atoms with Crippen molar-refractivity contribution in [1.82, 2.24) is 45.0 Å². The Labute approximate surface area is 385 Å². The lowest BCUT2D eigenvalue weighted by molar-refractivity contribution is -0.155. The minimum Gasteiger partial charge on any atom is -0.464 e. The van der Waals surface area contributed by atoms with Gasteiger partial charge in [0.1, 0.15) is 18.1 Å². The van der Waals surface area contributed by atoms with Crippen LogP contribution in [0.1, 0.15) is 76.8 Å². The van der Waals surface area contributed by atoms with Gasteiger partial charge in [-0.15, -0.1) is 11.3 Å². The van der Waals surface area contributed by atoms with Crippen LogP contribution in [0.3, 0.4) is 0 Å². The van der Waals surface area contributed by atoms with E-state index in [1.54, 1.807) is 25.3 Å². The molecule has 4 aliphatic rings. The molecule has 6 bridgehead atoms. The lowest BCUT2D eigenvalue weighted by Gasteiger charge is -2.37. The van der Waals surface area contributed by atoms with E-state index in [4.69, 9.17) is 24.2 Å². The van der Waals surface area contributed by atoms with Crippen molar-refractivity contribution in [3.63, 3.8) is 0 Å². The number of thiazole rings is 1. The standard InChI is InChI=1S/C48H65N9O7S/c1-10-56-37-16-15-30-21-32(37)33(43(56)31-13-11-17-49-41(31)29(4)62-9)23-48(5,6)27-64-46(60)34-14-12-18-57(52-34)45(59)35(22-40-50-36(30)26-65-40)51-44(58)42(28(2)3)54(8)47(61)55-24-38-39(25-55)63-20-19-53(38)7/h11,13,15-17,21,26,28-29,34-35,38-39,42,52H,10,12,14,18-20,22-25,27H2,1-9H3,(H,51,58)/t29-,34-,35-,38-,39+,42?/m0/s1. The van der Waals surface area contributed by atoms with E-state index in [2.05, 4.69) is 65.2 Å². The third-order valence-corrected chi connectivity index (χ3v) is 14.5. The Morgan fingerprint density at radius 2 is 1.94 bits per heavy atom. The number of amides is 4. The molecule has 0 saturated carbocycles. The highest BCUT2D eigenvalue weighted by atomic mass is 32.1. The van der Waals surface area contributed by atoms with E-state index in [1.807, 2.05) is 39.3 Å². The Kier molecular flexibility index (Phi) is 13.7. The number of hydrogen-bond acceptors (Lipinski definition) is 12. The molecule has 16 nitrogen and oxygen atoms in total. The molecule has 7 heterocycles. The second-order valence-corrected chi connectivity index (χ2v) is 20.2. The van der Waals surface area contributed by atoms with E-state index < -0.39 is 41.3 Å².